The van der Waals surface area contributed by atoms with Gasteiger partial charge in [0.2, 0.25) is 0 Å². The molecule has 0 aliphatic rings. The largest absolute Gasteiger partial charge is 2.00 e. The van der Waals surface area contributed by atoms with E-state index in [1.54, 1.807) is 12.4 Å². The Bertz CT molecular complexity index is 1340. The Morgan fingerprint density at radius 3 is 1.33 bits per heavy atom. The molecule has 2 N–H and O–H groups in total. The Morgan fingerprint density at radius 2 is 1.04 bits per heavy atom. The number of hydrogen-bond donors (Lipinski definition) is 2. The van der Waals surface area contributed by atoms with Crippen LogP contribution >= 0.6 is 0 Å². The minimum absolute atomic E-state index is 0. The Hall–Kier alpha value is -3.95. The summed E-state index contributed by atoms with van der Waals surface area (Å²) in [6.07, 6.45) is 7.09. The zero-order valence-corrected chi connectivity index (χ0v) is 28.6. The average molecular weight is 662 g/mol. The summed E-state index contributed by atoms with van der Waals surface area (Å²) in [5.74, 6) is -0.731. The van der Waals surface area contributed by atoms with Crippen LogP contribution in [0, 0.1) is 0 Å². The zero-order valence-electron chi connectivity index (χ0n) is 27.5. The summed E-state index contributed by atoms with van der Waals surface area (Å²) in [4.78, 5) is 27.1. The van der Waals surface area contributed by atoms with Crippen molar-refractivity contribution in [2.75, 3.05) is 0 Å². The first-order valence-electron chi connectivity index (χ1n) is 15.0. The molecule has 1 radical (unpaired) electrons. The van der Waals surface area contributed by atoms with E-state index in [1.807, 2.05) is 36.4 Å². The van der Waals surface area contributed by atoms with Gasteiger partial charge in [-0.2, -0.15) is 0 Å². The van der Waals surface area contributed by atoms with Gasteiger partial charge in [-0.3, -0.25) is 9.98 Å². The predicted octanol–water partition coefficient (Wildman–Crippen LogP) is 6.26. The van der Waals surface area contributed by atoms with Gasteiger partial charge in [0.25, 0.3) is 0 Å². The monoisotopic (exact) mass is 661 g/mol. The number of aromatic hydroxyl groups is 2. The molecule has 0 aromatic heterocycles. The summed E-state index contributed by atoms with van der Waals surface area (Å²) < 4.78 is 0. The third-order valence-corrected chi connectivity index (χ3v) is 7.14. The smallest absolute Gasteiger partial charge is 0.550 e. The molecule has 0 heterocycles. The molecule has 0 amide bonds. The number of carbonyl (C=O) groups is 2. The molecule has 3 aromatic carbocycles. The Labute approximate surface area is 278 Å². The molecule has 0 fully saturated rings. The van der Waals surface area contributed by atoms with Gasteiger partial charge < -0.3 is 30.0 Å². The normalized spacial score (nSPS) is 11.9. The summed E-state index contributed by atoms with van der Waals surface area (Å²) in [6.45, 7) is 14.8. The summed E-state index contributed by atoms with van der Waals surface area (Å²) in [5, 5.41) is 39.2. The van der Waals surface area contributed by atoms with Gasteiger partial charge in [0.1, 0.15) is 11.5 Å². The number of aliphatic carboxylic acids is 2. The van der Waals surface area contributed by atoms with E-state index in [0.717, 1.165) is 73.2 Å². The number of nitrogens with zero attached hydrogens (tertiary/aromatic N) is 2. The zero-order chi connectivity index (χ0) is 33.4. The van der Waals surface area contributed by atoms with Gasteiger partial charge in [-0.25, -0.2) is 0 Å². The third kappa shape index (κ3) is 14.1. The quantitative estimate of drug-likeness (QED) is 0.245. The molecular formula is C36H46CoN2O6. The summed E-state index contributed by atoms with van der Waals surface area (Å²) in [7, 11) is 0. The van der Waals surface area contributed by atoms with Crippen LogP contribution in [0.15, 0.2) is 58.5 Å². The number of hydrogen-bond acceptors (Lipinski definition) is 8. The van der Waals surface area contributed by atoms with E-state index in [4.69, 9.17) is 19.8 Å². The molecule has 0 saturated carbocycles. The van der Waals surface area contributed by atoms with Crippen LogP contribution in [0.3, 0.4) is 0 Å². The van der Waals surface area contributed by atoms with Gasteiger partial charge in [-0.1, -0.05) is 59.7 Å². The molecule has 2 unspecified atom stereocenters. The van der Waals surface area contributed by atoms with E-state index >= 15 is 0 Å². The number of carboxylic acids is 2. The average Bonchev–Trinajstić information content (AvgIpc) is 2.98. The molecule has 45 heavy (non-hydrogen) atoms. The topological polar surface area (TPSA) is 145 Å². The molecule has 2 atom stereocenters. The van der Waals surface area contributed by atoms with Crippen LogP contribution in [0.1, 0.15) is 113 Å². The van der Waals surface area contributed by atoms with Crippen LogP contribution in [0.4, 0.5) is 11.4 Å². The standard InChI is InChI=1S/C32H40N2O2.2C2H4O2.Co/c1-7-21(5)25-14-23(9-3)31(35)27(16-25)19-33-29-12-11-13-30(18-29)34-20-28-17-26(22(6)8-2)15-24(10-4)32(28)36;2*1-2(3)4;/h11-22,35-36H,7-10H2,1-6H3;2*1H3,(H,3,4);/q;;;+2/p-2. The van der Waals surface area contributed by atoms with Crippen LogP contribution in [0.2, 0.25) is 0 Å². The molecule has 8 nitrogen and oxygen atoms in total. The van der Waals surface area contributed by atoms with Gasteiger partial charge in [-0.15, -0.1) is 0 Å². The minimum Gasteiger partial charge on any atom is -0.550 e. The van der Waals surface area contributed by atoms with E-state index < -0.39 is 11.9 Å². The number of phenols is 2. The maximum atomic E-state index is 10.7. The first-order valence-corrected chi connectivity index (χ1v) is 15.0. The Balaban J connectivity index is 0.00000192. The SMILES string of the molecule is CC(=O)[O-].CC(=O)[O-].CCc1cc(C(C)CC)cc(C=Nc2cccc(N=Cc3cc(C(C)CC)cc(CC)c3O)c2)c1O.[Co+2]. The van der Waals surface area contributed by atoms with Crippen molar-refractivity contribution >= 4 is 35.7 Å². The van der Waals surface area contributed by atoms with E-state index in [1.165, 1.54) is 11.1 Å². The fourth-order valence-corrected chi connectivity index (χ4v) is 4.21. The molecule has 0 aliphatic heterocycles. The van der Waals surface area contributed by atoms with Crippen molar-refractivity contribution in [2.45, 2.75) is 92.9 Å². The van der Waals surface area contributed by atoms with Crippen molar-refractivity contribution in [1.29, 1.82) is 0 Å². The number of carboxylic acid groups (broad SMARTS) is 2. The minimum atomic E-state index is -1.08. The number of phenolic OH excluding ortho intramolecular Hbond substituents is 2. The first kappa shape index (κ1) is 41.0. The van der Waals surface area contributed by atoms with Gasteiger partial charge >= 0.3 is 16.8 Å². The molecule has 0 bridgehead atoms. The van der Waals surface area contributed by atoms with Gasteiger partial charge in [0.15, 0.2) is 0 Å². The van der Waals surface area contributed by atoms with E-state index in [2.05, 4.69) is 63.7 Å². The number of aryl methyl sites for hydroxylation is 2. The molecule has 245 valence electrons. The Morgan fingerprint density at radius 1 is 0.711 bits per heavy atom. The summed E-state index contributed by atoms with van der Waals surface area (Å²) >= 11 is 0. The fraction of sp³-hybridized carbons (Fsp3) is 0.389. The summed E-state index contributed by atoms with van der Waals surface area (Å²) in [5.41, 5.74) is 7.30. The third-order valence-electron chi connectivity index (χ3n) is 7.14. The first-order chi connectivity index (χ1) is 20.8. The predicted molar refractivity (Wildman–Crippen MR) is 175 cm³/mol. The number of carbonyl (C=O) groups excluding carboxylic acids is 2. The van der Waals surface area contributed by atoms with E-state index in [-0.39, 0.29) is 16.8 Å². The fourth-order valence-electron chi connectivity index (χ4n) is 4.21. The van der Waals surface area contributed by atoms with Crippen molar-refractivity contribution in [3.8, 4) is 11.5 Å². The van der Waals surface area contributed by atoms with Gasteiger partial charge in [-0.05, 0) is 104 Å². The van der Waals surface area contributed by atoms with Crippen LogP contribution in [0.5, 0.6) is 11.5 Å². The molecule has 3 rings (SSSR count). The maximum Gasteiger partial charge on any atom is 2.00 e. The number of rotatable bonds is 10. The van der Waals surface area contributed by atoms with Crippen molar-refractivity contribution < 1.29 is 46.8 Å². The number of benzene rings is 3. The second-order valence-electron chi connectivity index (χ2n) is 10.6. The van der Waals surface area contributed by atoms with Crippen LogP contribution < -0.4 is 10.2 Å². The van der Waals surface area contributed by atoms with Crippen molar-refractivity contribution in [1.82, 2.24) is 0 Å². The van der Waals surface area contributed by atoms with Crippen molar-refractivity contribution in [3.63, 3.8) is 0 Å². The van der Waals surface area contributed by atoms with Crippen molar-refractivity contribution in [3.05, 3.63) is 81.9 Å². The van der Waals surface area contributed by atoms with Crippen LogP contribution in [0.25, 0.3) is 0 Å². The molecule has 9 heteroatoms. The number of aliphatic imine (C=N–C) groups is 2. The van der Waals surface area contributed by atoms with Gasteiger partial charge in [0, 0.05) is 35.5 Å². The van der Waals surface area contributed by atoms with E-state index in [9.17, 15) is 10.2 Å². The van der Waals surface area contributed by atoms with Crippen molar-refractivity contribution in [2.24, 2.45) is 9.98 Å². The molecule has 3 aromatic rings. The molecular weight excluding hydrogens is 615 g/mol. The second-order valence-corrected chi connectivity index (χ2v) is 10.6. The second kappa shape index (κ2) is 20.9. The Kier molecular flexibility index (Phi) is 19.1. The summed E-state index contributed by atoms with van der Waals surface area (Å²) in [6, 6.07) is 15.9. The molecule has 0 saturated heterocycles. The van der Waals surface area contributed by atoms with Crippen LogP contribution in [-0.2, 0) is 39.2 Å². The molecule has 0 aliphatic carbocycles. The maximum absolute atomic E-state index is 10.7. The van der Waals surface area contributed by atoms with Crippen LogP contribution in [-0.4, -0.2) is 34.6 Å². The van der Waals surface area contributed by atoms with Gasteiger partial charge in [0.05, 0.1) is 11.4 Å². The van der Waals surface area contributed by atoms with E-state index in [0.29, 0.717) is 23.3 Å². The molecule has 0 spiro atoms.